The summed E-state index contributed by atoms with van der Waals surface area (Å²) in [5.74, 6) is 2.16. The van der Waals surface area contributed by atoms with E-state index in [0.717, 1.165) is 47.9 Å². The topological polar surface area (TPSA) is 45.2 Å². The number of anilines is 2. The highest BCUT2D eigenvalue weighted by Gasteiger charge is 2.35. The number of alkyl halides is 1. The fraction of sp³-hybridized carbons (Fsp3) is 0.350. The second-order valence-electron chi connectivity index (χ2n) is 7.06. The van der Waals surface area contributed by atoms with Gasteiger partial charge in [-0.25, -0.2) is 14.4 Å². The highest BCUT2D eigenvalue weighted by molar-refractivity contribution is 5.80. The van der Waals surface area contributed by atoms with Crippen LogP contribution in [0.25, 0.3) is 10.9 Å². The summed E-state index contributed by atoms with van der Waals surface area (Å²) in [5.41, 5.74) is 2.00. The second kappa shape index (κ2) is 6.20. The van der Waals surface area contributed by atoms with E-state index in [2.05, 4.69) is 33.1 Å². The van der Waals surface area contributed by atoms with E-state index in [0.29, 0.717) is 18.9 Å². The number of para-hydroxylation sites is 1. The van der Waals surface area contributed by atoms with Gasteiger partial charge < -0.3 is 9.80 Å². The number of hydrogen-bond acceptors (Lipinski definition) is 5. The van der Waals surface area contributed by atoms with Gasteiger partial charge in [-0.3, -0.25) is 4.98 Å². The van der Waals surface area contributed by atoms with Crippen LogP contribution in [-0.2, 0) is 0 Å². The number of halogens is 1. The van der Waals surface area contributed by atoms with Crippen LogP contribution < -0.4 is 9.80 Å². The Morgan fingerprint density at radius 2 is 1.77 bits per heavy atom. The van der Waals surface area contributed by atoms with Crippen LogP contribution in [0.15, 0.2) is 48.8 Å². The maximum Gasteiger partial charge on any atom is 0.150 e. The van der Waals surface area contributed by atoms with Gasteiger partial charge in [0.2, 0.25) is 0 Å². The molecule has 2 fully saturated rings. The number of hydrogen-bond donors (Lipinski definition) is 0. The zero-order valence-electron chi connectivity index (χ0n) is 14.4. The van der Waals surface area contributed by atoms with E-state index in [1.54, 1.807) is 12.4 Å². The smallest absolute Gasteiger partial charge is 0.150 e. The molecule has 1 unspecified atom stereocenters. The zero-order valence-corrected chi connectivity index (χ0v) is 14.4. The van der Waals surface area contributed by atoms with Gasteiger partial charge in [-0.05, 0) is 24.6 Å². The summed E-state index contributed by atoms with van der Waals surface area (Å²) in [5, 5.41) is 1.15. The molecule has 2 aromatic heterocycles. The maximum atomic E-state index is 13.6. The van der Waals surface area contributed by atoms with Gasteiger partial charge in [0.05, 0.1) is 17.8 Å². The number of rotatable bonds is 3. The van der Waals surface area contributed by atoms with Gasteiger partial charge in [0.25, 0.3) is 0 Å². The molecule has 0 amide bonds. The van der Waals surface area contributed by atoms with Crippen molar-refractivity contribution < 1.29 is 4.39 Å². The van der Waals surface area contributed by atoms with Gasteiger partial charge in [-0.1, -0.05) is 18.2 Å². The summed E-state index contributed by atoms with van der Waals surface area (Å²) in [6, 6.07) is 12.3. The molecule has 0 aliphatic carbocycles. The average Bonchev–Trinajstić information content (AvgIpc) is 3.07. The third-order valence-electron chi connectivity index (χ3n) is 5.31. The highest BCUT2D eigenvalue weighted by atomic mass is 19.1. The Labute approximate surface area is 151 Å². The minimum Gasteiger partial charge on any atom is -0.355 e. The zero-order chi connectivity index (χ0) is 17.5. The first kappa shape index (κ1) is 15.5. The Morgan fingerprint density at radius 3 is 2.62 bits per heavy atom. The van der Waals surface area contributed by atoms with Crippen molar-refractivity contribution in [3.05, 3.63) is 54.5 Å². The lowest BCUT2D eigenvalue weighted by Crippen LogP contribution is -2.46. The number of benzene rings is 1. The molecule has 0 bridgehead atoms. The maximum absolute atomic E-state index is 13.6. The van der Waals surface area contributed by atoms with Crippen molar-refractivity contribution in [3.63, 3.8) is 0 Å². The predicted octanol–water partition coefficient (Wildman–Crippen LogP) is 3.18. The number of aromatic nitrogens is 3. The van der Waals surface area contributed by atoms with E-state index in [9.17, 15) is 4.39 Å². The summed E-state index contributed by atoms with van der Waals surface area (Å²) in [7, 11) is 0. The minimum atomic E-state index is -0.760. The molecule has 1 atom stereocenters. The van der Waals surface area contributed by atoms with Crippen LogP contribution in [0.5, 0.6) is 0 Å². The first-order valence-corrected chi connectivity index (χ1v) is 9.08. The summed E-state index contributed by atoms with van der Waals surface area (Å²) in [6.45, 7) is 2.87. The SMILES string of the molecule is FC1CCN(c2nccnc2C2CN(c3ccc4ccccc4n3)C2)C1. The molecule has 6 heteroatoms. The van der Waals surface area contributed by atoms with Crippen molar-refractivity contribution in [1.82, 2.24) is 15.0 Å². The summed E-state index contributed by atoms with van der Waals surface area (Å²) in [6.07, 6.45) is 3.25. The number of fused-ring (bicyclic) bond motifs is 1. The van der Waals surface area contributed by atoms with Crippen LogP contribution in [-0.4, -0.2) is 47.3 Å². The fourth-order valence-electron chi connectivity index (χ4n) is 3.85. The van der Waals surface area contributed by atoms with Gasteiger partial charge >= 0.3 is 0 Å². The molecule has 5 rings (SSSR count). The van der Waals surface area contributed by atoms with E-state index >= 15 is 0 Å². The third kappa shape index (κ3) is 2.66. The lowest BCUT2D eigenvalue weighted by atomic mass is 9.95. The van der Waals surface area contributed by atoms with Crippen LogP contribution in [0.2, 0.25) is 0 Å². The van der Waals surface area contributed by atoms with Gasteiger partial charge in [-0.15, -0.1) is 0 Å². The summed E-state index contributed by atoms with van der Waals surface area (Å²) in [4.78, 5) is 18.1. The van der Waals surface area contributed by atoms with Crippen molar-refractivity contribution in [2.24, 2.45) is 0 Å². The molecule has 26 heavy (non-hydrogen) atoms. The van der Waals surface area contributed by atoms with Gasteiger partial charge in [0, 0.05) is 43.3 Å². The van der Waals surface area contributed by atoms with E-state index in [1.165, 1.54) is 0 Å². The molecule has 0 spiro atoms. The van der Waals surface area contributed by atoms with Crippen molar-refractivity contribution in [2.75, 3.05) is 36.0 Å². The second-order valence-corrected chi connectivity index (χ2v) is 7.06. The summed E-state index contributed by atoms with van der Waals surface area (Å²) >= 11 is 0. The van der Waals surface area contributed by atoms with Crippen molar-refractivity contribution in [3.8, 4) is 0 Å². The molecule has 0 radical (unpaired) electrons. The molecule has 4 heterocycles. The fourth-order valence-corrected chi connectivity index (χ4v) is 3.85. The molecule has 5 nitrogen and oxygen atoms in total. The van der Waals surface area contributed by atoms with Crippen LogP contribution in [0.1, 0.15) is 18.0 Å². The van der Waals surface area contributed by atoms with E-state index < -0.39 is 6.17 Å². The quantitative estimate of drug-likeness (QED) is 0.727. The van der Waals surface area contributed by atoms with Crippen molar-refractivity contribution in [1.29, 1.82) is 0 Å². The molecule has 1 aromatic carbocycles. The molecule has 2 saturated heterocycles. The average molecular weight is 349 g/mol. The van der Waals surface area contributed by atoms with Crippen LogP contribution in [0.4, 0.5) is 16.0 Å². The highest BCUT2D eigenvalue weighted by Crippen LogP contribution is 2.35. The molecular weight excluding hydrogens is 329 g/mol. The van der Waals surface area contributed by atoms with Crippen LogP contribution >= 0.6 is 0 Å². The lowest BCUT2D eigenvalue weighted by molar-refractivity contribution is 0.364. The van der Waals surface area contributed by atoms with Crippen LogP contribution in [0.3, 0.4) is 0 Å². The molecule has 3 aromatic rings. The largest absolute Gasteiger partial charge is 0.355 e. The van der Waals surface area contributed by atoms with Gasteiger partial charge in [-0.2, -0.15) is 0 Å². The lowest BCUT2D eigenvalue weighted by Gasteiger charge is -2.40. The normalized spacial score (nSPS) is 20.6. The third-order valence-corrected chi connectivity index (χ3v) is 5.31. The Bertz CT molecular complexity index is 940. The molecule has 0 saturated carbocycles. The molecular formula is C20H20FN5. The molecule has 0 N–H and O–H groups in total. The predicted molar refractivity (Wildman–Crippen MR) is 100 cm³/mol. The Balaban J connectivity index is 1.35. The summed E-state index contributed by atoms with van der Waals surface area (Å²) < 4.78 is 13.6. The molecule has 2 aliphatic rings. The molecule has 2 aliphatic heterocycles. The Morgan fingerprint density at radius 1 is 0.923 bits per heavy atom. The molecule has 132 valence electrons. The van der Waals surface area contributed by atoms with Crippen LogP contribution in [0, 0.1) is 0 Å². The van der Waals surface area contributed by atoms with E-state index in [4.69, 9.17) is 4.98 Å². The standard InChI is InChI=1S/C20H20FN5/c21-16-7-10-25(13-16)20-19(22-8-9-23-20)15-11-26(12-15)18-6-5-14-3-1-2-4-17(14)24-18/h1-6,8-9,15-16H,7,10-13H2. The first-order valence-electron chi connectivity index (χ1n) is 9.08. The van der Waals surface area contributed by atoms with E-state index in [1.807, 2.05) is 23.1 Å². The number of pyridine rings is 1. The van der Waals surface area contributed by atoms with Gasteiger partial charge in [0.15, 0.2) is 5.82 Å². The van der Waals surface area contributed by atoms with Gasteiger partial charge in [0.1, 0.15) is 12.0 Å². The Kier molecular flexibility index (Phi) is 3.69. The van der Waals surface area contributed by atoms with E-state index in [-0.39, 0.29) is 0 Å². The first-order chi connectivity index (χ1) is 12.8. The monoisotopic (exact) mass is 349 g/mol. The Hall–Kier alpha value is -2.76. The van der Waals surface area contributed by atoms with Crippen molar-refractivity contribution in [2.45, 2.75) is 18.5 Å². The minimum absolute atomic E-state index is 0.311. The van der Waals surface area contributed by atoms with Crippen molar-refractivity contribution >= 4 is 22.5 Å². The number of nitrogens with zero attached hydrogens (tertiary/aromatic N) is 5.